The lowest BCUT2D eigenvalue weighted by Gasteiger charge is -2.35. The van der Waals surface area contributed by atoms with Gasteiger partial charge in [-0.1, -0.05) is 20.3 Å². The molecule has 14 heavy (non-hydrogen) atoms. The number of ketones is 1. The van der Waals surface area contributed by atoms with Crippen molar-refractivity contribution in [3.63, 3.8) is 0 Å². The van der Waals surface area contributed by atoms with Gasteiger partial charge in [0.1, 0.15) is 5.78 Å². The maximum atomic E-state index is 11.6. The average molecular weight is 197 g/mol. The molecule has 82 valence electrons. The number of hydrogen-bond donors (Lipinski definition) is 0. The molecule has 2 heteroatoms. The van der Waals surface area contributed by atoms with E-state index in [0.29, 0.717) is 12.2 Å². The van der Waals surface area contributed by atoms with Crippen LogP contribution in [-0.4, -0.2) is 29.8 Å². The minimum absolute atomic E-state index is 0.148. The third-order valence-electron chi connectivity index (χ3n) is 3.49. The SMILES string of the molecule is CCC(=O)C(C)N1CCCC(CC)C1. The van der Waals surface area contributed by atoms with Crippen LogP contribution >= 0.6 is 0 Å². The highest BCUT2D eigenvalue weighted by atomic mass is 16.1. The summed E-state index contributed by atoms with van der Waals surface area (Å²) in [7, 11) is 0. The fourth-order valence-corrected chi connectivity index (χ4v) is 2.28. The van der Waals surface area contributed by atoms with Crippen LogP contribution in [0.3, 0.4) is 0 Å². The molecule has 2 atom stereocenters. The molecule has 1 heterocycles. The molecule has 2 nitrogen and oxygen atoms in total. The molecule has 0 aromatic heterocycles. The molecule has 1 aliphatic heterocycles. The van der Waals surface area contributed by atoms with Crippen molar-refractivity contribution >= 4 is 5.78 Å². The van der Waals surface area contributed by atoms with Gasteiger partial charge in [0.25, 0.3) is 0 Å². The fourth-order valence-electron chi connectivity index (χ4n) is 2.28. The van der Waals surface area contributed by atoms with Gasteiger partial charge >= 0.3 is 0 Å². The lowest BCUT2D eigenvalue weighted by molar-refractivity contribution is -0.124. The van der Waals surface area contributed by atoms with Crippen molar-refractivity contribution in [2.24, 2.45) is 5.92 Å². The Morgan fingerprint density at radius 3 is 2.79 bits per heavy atom. The largest absolute Gasteiger partial charge is 0.298 e. The van der Waals surface area contributed by atoms with Crippen molar-refractivity contribution < 1.29 is 4.79 Å². The van der Waals surface area contributed by atoms with Gasteiger partial charge in [0.05, 0.1) is 6.04 Å². The number of likely N-dealkylation sites (tertiary alicyclic amines) is 1. The Morgan fingerprint density at radius 2 is 2.21 bits per heavy atom. The summed E-state index contributed by atoms with van der Waals surface area (Å²) in [5.41, 5.74) is 0. The fraction of sp³-hybridized carbons (Fsp3) is 0.917. The second-order valence-corrected chi connectivity index (χ2v) is 4.41. The highest BCUT2D eigenvalue weighted by molar-refractivity contribution is 5.83. The zero-order valence-electron chi connectivity index (χ0n) is 9.75. The normalized spacial score (nSPS) is 26.1. The van der Waals surface area contributed by atoms with Crippen LogP contribution in [0.2, 0.25) is 0 Å². The molecule has 1 rings (SSSR count). The monoisotopic (exact) mass is 197 g/mol. The lowest BCUT2D eigenvalue weighted by atomic mass is 9.94. The Hall–Kier alpha value is -0.370. The van der Waals surface area contributed by atoms with Crippen molar-refractivity contribution in [3.8, 4) is 0 Å². The molecular weight excluding hydrogens is 174 g/mol. The predicted octanol–water partition coefficient (Wildman–Crippen LogP) is 2.48. The van der Waals surface area contributed by atoms with Crippen LogP contribution in [-0.2, 0) is 4.79 Å². The van der Waals surface area contributed by atoms with Gasteiger partial charge in [0.15, 0.2) is 0 Å². The molecule has 0 bridgehead atoms. The van der Waals surface area contributed by atoms with Crippen LogP contribution in [0.1, 0.15) is 46.5 Å². The van der Waals surface area contributed by atoms with E-state index < -0.39 is 0 Å². The van der Waals surface area contributed by atoms with E-state index >= 15 is 0 Å². The third-order valence-corrected chi connectivity index (χ3v) is 3.49. The predicted molar refractivity (Wildman–Crippen MR) is 59.3 cm³/mol. The van der Waals surface area contributed by atoms with E-state index in [1.807, 2.05) is 6.92 Å². The molecule has 2 unspecified atom stereocenters. The summed E-state index contributed by atoms with van der Waals surface area (Å²) in [6.45, 7) is 8.51. The zero-order chi connectivity index (χ0) is 10.6. The van der Waals surface area contributed by atoms with Crippen molar-refractivity contribution in [2.75, 3.05) is 13.1 Å². The van der Waals surface area contributed by atoms with Crippen LogP contribution in [0.4, 0.5) is 0 Å². The molecule has 0 N–H and O–H groups in total. The molecule has 0 aromatic carbocycles. The van der Waals surface area contributed by atoms with Crippen molar-refractivity contribution in [1.29, 1.82) is 0 Å². The summed E-state index contributed by atoms with van der Waals surface area (Å²) in [6, 6.07) is 0.148. The Kier molecular flexibility index (Phi) is 4.59. The van der Waals surface area contributed by atoms with Crippen molar-refractivity contribution in [2.45, 2.75) is 52.5 Å². The van der Waals surface area contributed by atoms with Gasteiger partial charge in [-0.05, 0) is 32.2 Å². The molecule has 1 aliphatic rings. The average Bonchev–Trinajstić information content (AvgIpc) is 2.27. The van der Waals surface area contributed by atoms with Crippen LogP contribution in [0.5, 0.6) is 0 Å². The maximum absolute atomic E-state index is 11.6. The molecule has 0 aliphatic carbocycles. The van der Waals surface area contributed by atoms with Gasteiger partial charge in [-0.3, -0.25) is 9.69 Å². The van der Waals surface area contributed by atoms with Crippen LogP contribution in [0.25, 0.3) is 0 Å². The molecule has 0 amide bonds. The van der Waals surface area contributed by atoms with E-state index in [4.69, 9.17) is 0 Å². The summed E-state index contributed by atoms with van der Waals surface area (Å²) in [6.07, 6.45) is 4.54. The Labute approximate surface area is 87.7 Å². The topological polar surface area (TPSA) is 20.3 Å². The van der Waals surface area contributed by atoms with E-state index in [-0.39, 0.29) is 6.04 Å². The molecule has 0 aromatic rings. The maximum Gasteiger partial charge on any atom is 0.149 e. The minimum Gasteiger partial charge on any atom is -0.298 e. The Bertz CT molecular complexity index is 191. The van der Waals surface area contributed by atoms with Gasteiger partial charge in [-0.2, -0.15) is 0 Å². The Balaban J connectivity index is 2.46. The standard InChI is InChI=1S/C12H23NO/c1-4-11-7-6-8-13(9-11)10(3)12(14)5-2/h10-11H,4-9H2,1-3H3. The van der Waals surface area contributed by atoms with E-state index in [0.717, 1.165) is 19.0 Å². The number of rotatable bonds is 4. The zero-order valence-corrected chi connectivity index (χ0v) is 9.75. The van der Waals surface area contributed by atoms with Gasteiger partial charge in [-0.15, -0.1) is 0 Å². The molecule has 1 fully saturated rings. The Morgan fingerprint density at radius 1 is 1.50 bits per heavy atom. The number of piperidine rings is 1. The number of carbonyl (C=O) groups excluding carboxylic acids is 1. The number of Topliss-reactive ketones (excluding diaryl/α,β-unsaturated/α-hetero) is 1. The molecule has 0 saturated carbocycles. The quantitative estimate of drug-likeness (QED) is 0.690. The second-order valence-electron chi connectivity index (χ2n) is 4.41. The highest BCUT2D eigenvalue weighted by Gasteiger charge is 2.25. The molecule has 1 saturated heterocycles. The number of nitrogens with zero attached hydrogens (tertiary/aromatic N) is 1. The summed E-state index contributed by atoms with van der Waals surface area (Å²) in [5, 5.41) is 0. The highest BCUT2D eigenvalue weighted by Crippen LogP contribution is 2.21. The first-order valence-electron chi connectivity index (χ1n) is 5.95. The van der Waals surface area contributed by atoms with Crippen LogP contribution in [0, 0.1) is 5.92 Å². The number of hydrogen-bond acceptors (Lipinski definition) is 2. The first kappa shape index (κ1) is 11.7. The summed E-state index contributed by atoms with van der Waals surface area (Å²) in [4.78, 5) is 13.9. The van der Waals surface area contributed by atoms with Gasteiger partial charge in [-0.25, -0.2) is 0 Å². The second kappa shape index (κ2) is 5.50. The molecule has 0 radical (unpaired) electrons. The molecule has 0 spiro atoms. The number of carbonyl (C=O) groups is 1. The van der Waals surface area contributed by atoms with E-state index in [2.05, 4.69) is 18.7 Å². The first-order chi connectivity index (χ1) is 6.69. The summed E-state index contributed by atoms with van der Waals surface area (Å²) < 4.78 is 0. The van der Waals surface area contributed by atoms with E-state index in [1.54, 1.807) is 0 Å². The van der Waals surface area contributed by atoms with Crippen molar-refractivity contribution in [1.82, 2.24) is 4.90 Å². The van der Waals surface area contributed by atoms with Gasteiger partial charge < -0.3 is 0 Å². The van der Waals surface area contributed by atoms with Crippen molar-refractivity contribution in [3.05, 3.63) is 0 Å². The van der Waals surface area contributed by atoms with Gasteiger partial charge in [0.2, 0.25) is 0 Å². The molecular formula is C12H23NO. The third kappa shape index (κ3) is 2.81. The minimum atomic E-state index is 0.148. The summed E-state index contributed by atoms with van der Waals surface area (Å²) >= 11 is 0. The van der Waals surface area contributed by atoms with Crippen LogP contribution < -0.4 is 0 Å². The lowest BCUT2D eigenvalue weighted by Crippen LogP contribution is -2.44. The van der Waals surface area contributed by atoms with Gasteiger partial charge in [0, 0.05) is 13.0 Å². The van der Waals surface area contributed by atoms with Crippen LogP contribution in [0.15, 0.2) is 0 Å². The van der Waals surface area contributed by atoms with E-state index in [9.17, 15) is 4.79 Å². The van der Waals surface area contributed by atoms with E-state index in [1.165, 1.54) is 19.3 Å². The first-order valence-corrected chi connectivity index (χ1v) is 5.95. The smallest absolute Gasteiger partial charge is 0.149 e. The summed E-state index contributed by atoms with van der Waals surface area (Å²) in [5.74, 6) is 1.21.